The molecule has 1 saturated heterocycles. The molecule has 1 aromatic heterocycles. The molecule has 0 aliphatic carbocycles. The first kappa shape index (κ1) is 14.5. The highest BCUT2D eigenvalue weighted by molar-refractivity contribution is 6.30. The largest absolute Gasteiger partial charge is 0.453 e. The fourth-order valence-corrected chi connectivity index (χ4v) is 2.74. The Labute approximate surface area is 137 Å². The van der Waals surface area contributed by atoms with Gasteiger partial charge in [0.2, 0.25) is 5.78 Å². The van der Waals surface area contributed by atoms with E-state index in [0.717, 1.165) is 10.9 Å². The number of halogens is 1. The first-order valence-electron chi connectivity index (χ1n) is 7.28. The maximum absolute atomic E-state index is 12.5. The Morgan fingerprint density at radius 1 is 1.00 bits per heavy atom. The minimum Gasteiger partial charge on any atom is -0.453 e. The van der Waals surface area contributed by atoms with Crippen molar-refractivity contribution in [3.05, 3.63) is 70.4 Å². The number of fused-ring (bicyclic) bond motifs is 1. The van der Waals surface area contributed by atoms with Crippen LogP contribution >= 0.6 is 11.6 Å². The maximum Gasteiger partial charge on any atom is 0.228 e. The minimum absolute atomic E-state index is 0.173. The van der Waals surface area contributed by atoms with Crippen LogP contribution in [0.4, 0.5) is 0 Å². The molecule has 4 nitrogen and oxygen atoms in total. The molecular formula is C18H13ClO4. The van der Waals surface area contributed by atoms with Crippen molar-refractivity contribution in [2.24, 2.45) is 0 Å². The highest BCUT2D eigenvalue weighted by Gasteiger charge is 2.20. The zero-order valence-electron chi connectivity index (χ0n) is 12.1. The number of furan rings is 1. The Kier molecular flexibility index (Phi) is 3.65. The van der Waals surface area contributed by atoms with Crippen LogP contribution in [0.2, 0.25) is 5.02 Å². The summed E-state index contributed by atoms with van der Waals surface area (Å²) in [7, 11) is 0. The van der Waals surface area contributed by atoms with E-state index in [2.05, 4.69) is 0 Å². The molecule has 1 fully saturated rings. The highest BCUT2D eigenvalue weighted by atomic mass is 35.5. The average molecular weight is 329 g/mol. The van der Waals surface area contributed by atoms with E-state index in [4.69, 9.17) is 25.5 Å². The summed E-state index contributed by atoms with van der Waals surface area (Å²) in [4.78, 5) is 12.5. The topological polar surface area (TPSA) is 48.7 Å². The van der Waals surface area contributed by atoms with Crippen LogP contribution in [0.25, 0.3) is 11.0 Å². The van der Waals surface area contributed by atoms with Crippen LogP contribution in [-0.2, 0) is 9.47 Å². The maximum atomic E-state index is 12.5. The molecule has 0 unspecified atom stereocenters. The Morgan fingerprint density at radius 2 is 1.74 bits per heavy atom. The van der Waals surface area contributed by atoms with Gasteiger partial charge in [0.25, 0.3) is 0 Å². The molecule has 2 heterocycles. The minimum atomic E-state index is -0.343. The molecule has 0 bridgehead atoms. The van der Waals surface area contributed by atoms with Gasteiger partial charge in [0.15, 0.2) is 12.1 Å². The number of carbonyl (C=O) groups excluding carboxylic acids is 1. The number of hydrogen-bond donors (Lipinski definition) is 0. The number of benzene rings is 2. The second-order valence-corrected chi connectivity index (χ2v) is 5.75. The molecule has 3 aromatic rings. The monoisotopic (exact) mass is 328 g/mol. The van der Waals surface area contributed by atoms with Crippen molar-refractivity contribution in [1.82, 2.24) is 0 Å². The third kappa shape index (κ3) is 2.77. The van der Waals surface area contributed by atoms with E-state index in [1.807, 2.05) is 18.2 Å². The molecule has 0 atom stereocenters. The van der Waals surface area contributed by atoms with Crippen molar-refractivity contribution >= 4 is 28.4 Å². The van der Waals surface area contributed by atoms with E-state index in [0.29, 0.717) is 35.1 Å². The van der Waals surface area contributed by atoms with Crippen molar-refractivity contribution in [2.75, 3.05) is 13.2 Å². The van der Waals surface area contributed by atoms with Crippen LogP contribution in [0.5, 0.6) is 0 Å². The molecule has 0 radical (unpaired) electrons. The molecule has 5 heteroatoms. The van der Waals surface area contributed by atoms with Crippen LogP contribution in [0.1, 0.15) is 28.0 Å². The van der Waals surface area contributed by atoms with Gasteiger partial charge < -0.3 is 13.9 Å². The summed E-state index contributed by atoms with van der Waals surface area (Å²) >= 11 is 5.85. The molecule has 116 valence electrons. The Hall–Kier alpha value is -2.14. The quantitative estimate of drug-likeness (QED) is 0.670. The molecule has 0 amide bonds. The SMILES string of the molecule is O=C(c1ccc(Cl)cc1)c1cc2cc(C3OCCO3)ccc2o1. The summed E-state index contributed by atoms with van der Waals surface area (Å²) in [5.74, 6) is 0.125. The lowest BCUT2D eigenvalue weighted by molar-refractivity contribution is -0.0440. The van der Waals surface area contributed by atoms with Gasteiger partial charge in [0.1, 0.15) is 5.58 Å². The van der Waals surface area contributed by atoms with Gasteiger partial charge in [0.05, 0.1) is 13.2 Å². The fourth-order valence-electron chi connectivity index (χ4n) is 2.61. The summed E-state index contributed by atoms with van der Waals surface area (Å²) in [5.41, 5.74) is 2.11. The standard InChI is InChI=1S/C18H13ClO4/c19-14-4-1-11(2-5-14)17(20)16-10-13-9-12(3-6-15(13)23-16)18-21-7-8-22-18/h1-6,9-10,18H,7-8H2. The van der Waals surface area contributed by atoms with Crippen LogP contribution in [-0.4, -0.2) is 19.0 Å². The van der Waals surface area contributed by atoms with Crippen LogP contribution in [0, 0.1) is 0 Å². The first-order valence-corrected chi connectivity index (χ1v) is 7.65. The highest BCUT2D eigenvalue weighted by Crippen LogP contribution is 2.29. The molecule has 1 aliphatic heterocycles. The summed E-state index contributed by atoms with van der Waals surface area (Å²) in [6.07, 6.45) is -0.343. The third-order valence-electron chi connectivity index (χ3n) is 3.76. The number of hydrogen-bond acceptors (Lipinski definition) is 4. The van der Waals surface area contributed by atoms with Gasteiger partial charge in [0, 0.05) is 21.5 Å². The van der Waals surface area contributed by atoms with E-state index in [1.54, 1.807) is 30.3 Å². The summed E-state index contributed by atoms with van der Waals surface area (Å²) in [6, 6.07) is 14.1. The van der Waals surface area contributed by atoms with Gasteiger partial charge in [-0.1, -0.05) is 17.7 Å². The van der Waals surface area contributed by atoms with Crippen molar-refractivity contribution < 1.29 is 18.7 Å². The van der Waals surface area contributed by atoms with E-state index in [9.17, 15) is 4.79 Å². The fraction of sp³-hybridized carbons (Fsp3) is 0.167. The van der Waals surface area contributed by atoms with Gasteiger partial charge >= 0.3 is 0 Å². The number of ether oxygens (including phenoxy) is 2. The van der Waals surface area contributed by atoms with Crippen LogP contribution < -0.4 is 0 Å². The van der Waals surface area contributed by atoms with Gasteiger partial charge in [-0.25, -0.2) is 0 Å². The van der Waals surface area contributed by atoms with Crippen molar-refractivity contribution in [3.63, 3.8) is 0 Å². The normalized spacial score (nSPS) is 15.3. The van der Waals surface area contributed by atoms with E-state index in [1.165, 1.54) is 0 Å². The molecule has 0 N–H and O–H groups in total. The molecule has 23 heavy (non-hydrogen) atoms. The molecule has 0 saturated carbocycles. The van der Waals surface area contributed by atoms with Crippen molar-refractivity contribution in [3.8, 4) is 0 Å². The number of rotatable bonds is 3. The first-order chi connectivity index (χ1) is 11.2. The second-order valence-electron chi connectivity index (χ2n) is 5.32. The van der Waals surface area contributed by atoms with Gasteiger partial charge in [-0.3, -0.25) is 4.79 Å². The van der Waals surface area contributed by atoms with Gasteiger partial charge in [-0.2, -0.15) is 0 Å². The lowest BCUT2D eigenvalue weighted by atomic mass is 10.1. The van der Waals surface area contributed by atoms with Crippen molar-refractivity contribution in [2.45, 2.75) is 6.29 Å². The Morgan fingerprint density at radius 3 is 2.48 bits per heavy atom. The Balaban J connectivity index is 1.68. The lowest BCUT2D eigenvalue weighted by Gasteiger charge is -2.08. The van der Waals surface area contributed by atoms with Gasteiger partial charge in [-0.15, -0.1) is 0 Å². The van der Waals surface area contributed by atoms with E-state index in [-0.39, 0.29) is 12.1 Å². The molecule has 4 rings (SSSR count). The number of carbonyl (C=O) groups is 1. The summed E-state index contributed by atoms with van der Waals surface area (Å²) < 4.78 is 16.6. The predicted octanol–water partition coefficient (Wildman–Crippen LogP) is 4.36. The van der Waals surface area contributed by atoms with Crippen molar-refractivity contribution in [1.29, 1.82) is 0 Å². The van der Waals surface area contributed by atoms with Crippen LogP contribution in [0.15, 0.2) is 52.9 Å². The second kappa shape index (κ2) is 5.81. The van der Waals surface area contributed by atoms with E-state index >= 15 is 0 Å². The number of ketones is 1. The smallest absolute Gasteiger partial charge is 0.228 e. The molecule has 0 spiro atoms. The average Bonchev–Trinajstić information content (AvgIpc) is 3.23. The van der Waals surface area contributed by atoms with E-state index < -0.39 is 0 Å². The third-order valence-corrected chi connectivity index (χ3v) is 4.02. The molecular weight excluding hydrogens is 316 g/mol. The Bertz CT molecular complexity index is 860. The summed E-state index contributed by atoms with van der Waals surface area (Å²) in [6.45, 7) is 1.18. The molecule has 1 aliphatic rings. The zero-order valence-corrected chi connectivity index (χ0v) is 12.9. The van der Waals surface area contributed by atoms with Crippen LogP contribution in [0.3, 0.4) is 0 Å². The lowest BCUT2D eigenvalue weighted by Crippen LogP contribution is -1.98. The summed E-state index contributed by atoms with van der Waals surface area (Å²) in [5, 5.41) is 1.44. The van der Waals surface area contributed by atoms with Gasteiger partial charge in [-0.05, 0) is 42.5 Å². The zero-order chi connectivity index (χ0) is 15.8. The molecule has 2 aromatic carbocycles. The predicted molar refractivity (Wildman–Crippen MR) is 85.7 cm³/mol.